The van der Waals surface area contributed by atoms with Crippen molar-refractivity contribution in [3.05, 3.63) is 33.9 Å². The van der Waals surface area contributed by atoms with E-state index in [1.54, 1.807) is 6.92 Å². The monoisotopic (exact) mass is 288 g/mol. The molecule has 8 nitrogen and oxygen atoms in total. The standard InChI is InChI=1S/C10H12N2O6S/c1-6-3-4-8(9(5-6)12(15)16)11-19(17,18)7(2)10(13)14/h3-5,7,11H,1-2H3,(H,13,14). The van der Waals surface area contributed by atoms with Gasteiger partial charge in [0.15, 0.2) is 5.25 Å². The molecular formula is C10H12N2O6S. The molecule has 0 aliphatic heterocycles. The molecule has 0 bridgehead atoms. The number of nitro benzene ring substituents is 1. The Labute approximate surface area is 109 Å². The van der Waals surface area contributed by atoms with E-state index in [1.165, 1.54) is 18.2 Å². The van der Waals surface area contributed by atoms with Crippen molar-refractivity contribution in [2.24, 2.45) is 0 Å². The van der Waals surface area contributed by atoms with E-state index in [0.29, 0.717) is 5.56 Å². The van der Waals surface area contributed by atoms with Crippen molar-refractivity contribution >= 4 is 27.4 Å². The van der Waals surface area contributed by atoms with Crippen LogP contribution in [-0.2, 0) is 14.8 Å². The van der Waals surface area contributed by atoms with Crippen molar-refractivity contribution in [1.82, 2.24) is 0 Å². The maximum absolute atomic E-state index is 11.7. The van der Waals surface area contributed by atoms with E-state index in [2.05, 4.69) is 0 Å². The zero-order valence-electron chi connectivity index (χ0n) is 10.2. The van der Waals surface area contributed by atoms with Crippen molar-refractivity contribution in [2.75, 3.05) is 4.72 Å². The molecule has 9 heteroatoms. The number of hydrogen-bond acceptors (Lipinski definition) is 5. The first kappa shape index (κ1) is 14.9. The Balaban J connectivity index is 3.20. The first-order chi connectivity index (χ1) is 8.65. The van der Waals surface area contributed by atoms with Gasteiger partial charge in [-0.05, 0) is 25.5 Å². The van der Waals surface area contributed by atoms with Gasteiger partial charge >= 0.3 is 5.97 Å². The smallest absolute Gasteiger partial charge is 0.323 e. The van der Waals surface area contributed by atoms with Gasteiger partial charge in [0.2, 0.25) is 10.0 Å². The van der Waals surface area contributed by atoms with Gasteiger partial charge in [0, 0.05) is 6.07 Å². The van der Waals surface area contributed by atoms with Gasteiger partial charge in [-0.2, -0.15) is 0 Å². The largest absolute Gasteiger partial charge is 0.480 e. The molecule has 1 unspecified atom stereocenters. The van der Waals surface area contributed by atoms with Crippen LogP contribution in [0.4, 0.5) is 11.4 Å². The van der Waals surface area contributed by atoms with Gasteiger partial charge in [-0.3, -0.25) is 19.6 Å². The van der Waals surface area contributed by atoms with Gasteiger partial charge in [-0.1, -0.05) is 6.07 Å². The number of benzene rings is 1. The summed E-state index contributed by atoms with van der Waals surface area (Å²) in [5.41, 5.74) is -0.106. The third-order valence-electron chi connectivity index (χ3n) is 2.42. The summed E-state index contributed by atoms with van der Waals surface area (Å²) >= 11 is 0. The lowest BCUT2D eigenvalue weighted by Crippen LogP contribution is -2.32. The number of nitro groups is 1. The number of nitrogens with one attached hydrogen (secondary N) is 1. The van der Waals surface area contributed by atoms with E-state index < -0.39 is 31.9 Å². The average molecular weight is 288 g/mol. The fraction of sp³-hybridized carbons (Fsp3) is 0.300. The zero-order valence-corrected chi connectivity index (χ0v) is 11.0. The number of anilines is 1. The van der Waals surface area contributed by atoms with Crippen molar-refractivity contribution < 1.29 is 23.2 Å². The topological polar surface area (TPSA) is 127 Å². The van der Waals surface area contributed by atoms with Gasteiger partial charge < -0.3 is 5.11 Å². The molecule has 0 saturated carbocycles. The fourth-order valence-electron chi connectivity index (χ4n) is 1.25. The summed E-state index contributed by atoms with van der Waals surface area (Å²) < 4.78 is 25.3. The van der Waals surface area contributed by atoms with Crippen molar-refractivity contribution in [2.45, 2.75) is 19.1 Å². The van der Waals surface area contributed by atoms with Crippen LogP contribution in [0, 0.1) is 17.0 Å². The third-order valence-corrected chi connectivity index (χ3v) is 4.05. The Bertz CT molecular complexity index is 625. The Hall–Kier alpha value is -2.16. The molecule has 0 aliphatic rings. The second-order valence-electron chi connectivity index (χ2n) is 3.91. The SMILES string of the molecule is Cc1ccc(NS(=O)(=O)C(C)C(=O)O)c([N+](=O)[O-])c1. The van der Waals surface area contributed by atoms with Crippen LogP contribution < -0.4 is 4.72 Å². The van der Waals surface area contributed by atoms with Crippen LogP contribution in [0.3, 0.4) is 0 Å². The first-order valence-electron chi connectivity index (χ1n) is 5.14. The molecule has 0 saturated heterocycles. The first-order valence-corrected chi connectivity index (χ1v) is 6.69. The van der Waals surface area contributed by atoms with Gasteiger partial charge in [-0.15, -0.1) is 0 Å². The van der Waals surface area contributed by atoms with E-state index in [-0.39, 0.29) is 5.69 Å². The highest BCUT2D eigenvalue weighted by Gasteiger charge is 2.29. The summed E-state index contributed by atoms with van der Waals surface area (Å²) in [7, 11) is -4.24. The molecule has 0 heterocycles. The van der Waals surface area contributed by atoms with Crippen LogP contribution in [0.5, 0.6) is 0 Å². The molecule has 19 heavy (non-hydrogen) atoms. The summed E-state index contributed by atoms with van der Waals surface area (Å²) in [6, 6.07) is 3.90. The second-order valence-corrected chi connectivity index (χ2v) is 5.91. The fourth-order valence-corrected chi connectivity index (χ4v) is 2.17. The summed E-state index contributed by atoms with van der Waals surface area (Å²) in [6.45, 7) is 2.59. The molecule has 0 aromatic heterocycles. The van der Waals surface area contributed by atoms with Crippen molar-refractivity contribution in [1.29, 1.82) is 0 Å². The van der Waals surface area contributed by atoms with Crippen LogP contribution in [-0.4, -0.2) is 29.7 Å². The van der Waals surface area contributed by atoms with Crippen LogP contribution in [0.1, 0.15) is 12.5 Å². The Morgan fingerprint density at radius 1 is 1.47 bits per heavy atom. The van der Waals surface area contributed by atoms with E-state index in [0.717, 1.165) is 6.92 Å². The number of aliphatic carboxylic acids is 1. The third kappa shape index (κ3) is 3.41. The average Bonchev–Trinajstić information content (AvgIpc) is 2.29. The highest BCUT2D eigenvalue weighted by Crippen LogP contribution is 2.26. The highest BCUT2D eigenvalue weighted by molar-refractivity contribution is 7.94. The summed E-state index contributed by atoms with van der Waals surface area (Å²) in [6.07, 6.45) is 0. The Morgan fingerprint density at radius 2 is 2.05 bits per heavy atom. The Kier molecular flexibility index (Phi) is 4.10. The normalized spacial score (nSPS) is 12.7. The lowest BCUT2D eigenvalue weighted by atomic mass is 10.2. The lowest BCUT2D eigenvalue weighted by Gasteiger charge is -2.11. The van der Waals surface area contributed by atoms with Gasteiger partial charge in [-0.25, -0.2) is 8.42 Å². The van der Waals surface area contributed by atoms with Crippen molar-refractivity contribution in [3.63, 3.8) is 0 Å². The number of carbonyl (C=O) groups is 1. The molecule has 2 N–H and O–H groups in total. The van der Waals surface area contributed by atoms with Gasteiger partial charge in [0.1, 0.15) is 5.69 Å². The summed E-state index contributed by atoms with van der Waals surface area (Å²) in [5, 5.41) is 17.8. The molecule has 1 atom stereocenters. The molecule has 1 aromatic rings. The van der Waals surface area contributed by atoms with E-state index in [4.69, 9.17) is 5.11 Å². The zero-order chi connectivity index (χ0) is 14.8. The minimum Gasteiger partial charge on any atom is -0.480 e. The number of hydrogen-bond donors (Lipinski definition) is 2. The van der Waals surface area contributed by atoms with Gasteiger partial charge in [0.05, 0.1) is 4.92 Å². The molecule has 0 aliphatic carbocycles. The van der Waals surface area contributed by atoms with E-state index in [1.807, 2.05) is 4.72 Å². The number of sulfonamides is 1. The number of rotatable bonds is 5. The van der Waals surface area contributed by atoms with E-state index >= 15 is 0 Å². The quantitative estimate of drug-likeness (QED) is 0.617. The number of carboxylic acids is 1. The number of carboxylic acid groups (broad SMARTS) is 1. The molecule has 1 aromatic carbocycles. The Morgan fingerprint density at radius 3 is 2.53 bits per heavy atom. The van der Waals surface area contributed by atoms with Gasteiger partial charge in [0.25, 0.3) is 5.69 Å². The molecule has 0 radical (unpaired) electrons. The van der Waals surface area contributed by atoms with Crippen LogP contribution in [0.15, 0.2) is 18.2 Å². The minimum absolute atomic E-state index is 0.260. The molecule has 1 rings (SSSR count). The van der Waals surface area contributed by atoms with Crippen LogP contribution >= 0.6 is 0 Å². The molecule has 0 spiro atoms. The van der Waals surface area contributed by atoms with Crippen LogP contribution in [0.25, 0.3) is 0 Å². The maximum Gasteiger partial charge on any atom is 0.323 e. The van der Waals surface area contributed by atoms with Crippen molar-refractivity contribution in [3.8, 4) is 0 Å². The number of aryl methyl sites for hydroxylation is 1. The molecule has 0 fully saturated rings. The van der Waals surface area contributed by atoms with Crippen LogP contribution in [0.2, 0.25) is 0 Å². The molecule has 0 amide bonds. The second kappa shape index (κ2) is 5.22. The van der Waals surface area contributed by atoms with E-state index in [9.17, 15) is 23.3 Å². The number of nitrogens with zero attached hydrogens (tertiary/aromatic N) is 1. The minimum atomic E-state index is -4.24. The predicted molar refractivity (Wildman–Crippen MR) is 67.5 cm³/mol. The highest BCUT2D eigenvalue weighted by atomic mass is 32.2. The maximum atomic E-state index is 11.7. The lowest BCUT2D eigenvalue weighted by molar-refractivity contribution is -0.383. The molecular weight excluding hydrogens is 276 g/mol. The predicted octanol–water partition coefficient (Wildman–Crippen LogP) is 1.12. The summed E-state index contributed by atoms with van der Waals surface area (Å²) in [5.74, 6) is -1.54. The summed E-state index contributed by atoms with van der Waals surface area (Å²) in [4.78, 5) is 20.7. The molecule has 104 valence electrons.